The highest BCUT2D eigenvalue weighted by atomic mass is 19.4. The first kappa shape index (κ1) is 27.0. The molecule has 2 aliphatic rings. The summed E-state index contributed by atoms with van der Waals surface area (Å²) in [7, 11) is 0. The van der Waals surface area contributed by atoms with E-state index < -0.39 is 48.7 Å². The fourth-order valence-electron chi connectivity index (χ4n) is 3.85. The van der Waals surface area contributed by atoms with Crippen LogP contribution in [0.2, 0.25) is 0 Å². The largest absolute Gasteiger partial charge is 0.491 e. The van der Waals surface area contributed by atoms with Crippen molar-refractivity contribution < 1.29 is 55.2 Å². The van der Waals surface area contributed by atoms with Crippen molar-refractivity contribution in [1.82, 2.24) is 15.1 Å². The van der Waals surface area contributed by atoms with Crippen LogP contribution in [0, 0.1) is 0 Å². The monoisotopic (exact) mass is 539 g/mol. The lowest BCUT2D eigenvalue weighted by Gasteiger charge is -2.31. The lowest BCUT2D eigenvalue weighted by atomic mass is 9.97. The van der Waals surface area contributed by atoms with Crippen LogP contribution in [0.25, 0.3) is 0 Å². The molecule has 3 atom stereocenters. The average molecular weight is 539 g/mol. The Labute approximate surface area is 206 Å². The highest BCUT2D eigenvalue weighted by Crippen LogP contribution is 2.38. The number of hydrogen-bond donors (Lipinski definition) is 2. The molecule has 0 saturated carbocycles. The van der Waals surface area contributed by atoms with Crippen molar-refractivity contribution in [3.05, 3.63) is 41.1 Å². The summed E-state index contributed by atoms with van der Waals surface area (Å²) in [4.78, 5) is 12.7. The minimum absolute atomic E-state index is 0.0445. The van der Waals surface area contributed by atoms with Crippen LogP contribution >= 0.6 is 0 Å². The summed E-state index contributed by atoms with van der Waals surface area (Å²) in [5.41, 5.74) is -1.09. The number of aromatic nitrogens is 2. The zero-order valence-corrected chi connectivity index (χ0v) is 19.1. The van der Waals surface area contributed by atoms with Crippen molar-refractivity contribution in [2.75, 3.05) is 33.0 Å². The third-order valence-corrected chi connectivity index (χ3v) is 5.67. The van der Waals surface area contributed by atoms with Gasteiger partial charge in [-0.25, -0.2) is 4.68 Å². The summed E-state index contributed by atoms with van der Waals surface area (Å²) in [5.74, 6) is -0.344. The number of rotatable bonds is 7. The zero-order valence-electron chi connectivity index (χ0n) is 19.1. The van der Waals surface area contributed by atoms with Gasteiger partial charge in [-0.1, -0.05) is 0 Å². The molecule has 9 nitrogen and oxygen atoms in total. The van der Waals surface area contributed by atoms with Gasteiger partial charge in [0.15, 0.2) is 5.69 Å². The third-order valence-electron chi connectivity index (χ3n) is 5.67. The van der Waals surface area contributed by atoms with Crippen molar-refractivity contribution in [2.24, 2.45) is 0 Å². The van der Waals surface area contributed by atoms with Crippen LogP contribution in [0.1, 0.15) is 34.1 Å². The van der Waals surface area contributed by atoms with E-state index in [-0.39, 0.29) is 49.3 Å². The van der Waals surface area contributed by atoms with Gasteiger partial charge >= 0.3 is 12.4 Å². The summed E-state index contributed by atoms with van der Waals surface area (Å²) in [5, 5.41) is 17.3. The van der Waals surface area contributed by atoms with Crippen LogP contribution in [0.15, 0.2) is 24.3 Å². The van der Waals surface area contributed by atoms with Gasteiger partial charge in [-0.15, -0.1) is 0 Å². The molecule has 2 aromatic rings. The smallest absolute Gasteiger partial charge is 0.416 e. The second kappa shape index (κ2) is 10.8. The van der Waals surface area contributed by atoms with Crippen LogP contribution in [0.3, 0.4) is 0 Å². The van der Waals surface area contributed by atoms with Crippen LogP contribution in [-0.2, 0) is 22.2 Å². The van der Waals surface area contributed by atoms with Gasteiger partial charge in [-0.3, -0.25) is 4.79 Å². The van der Waals surface area contributed by atoms with E-state index >= 15 is 0 Å². The van der Waals surface area contributed by atoms with Gasteiger partial charge in [0.05, 0.1) is 30.9 Å². The fraction of sp³-hybridized carbons (Fsp3) is 0.545. The molecule has 2 aliphatic heterocycles. The quantitative estimate of drug-likeness (QED) is 0.412. The molecular formula is C22H23F6N3O6. The van der Waals surface area contributed by atoms with Gasteiger partial charge in [0.25, 0.3) is 5.91 Å². The number of aliphatic hydroxyl groups excluding tert-OH is 1. The lowest BCUT2D eigenvalue weighted by molar-refractivity contribution is -0.177. The SMILES string of the molecule is O=C(N[C@H]1COc2ccc(C(F)(F)F)cc2C1O)c1cc2n(n1)CCC(OCCOCC(F)(F)F)CO2. The Morgan fingerprint density at radius 2 is 1.92 bits per heavy atom. The minimum atomic E-state index is -4.61. The van der Waals surface area contributed by atoms with E-state index in [0.29, 0.717) is 13.0 Å². The first-order valence-electron chi connectivity index (χ1n) is 11.2. The summed E-state index contributed by atoms with van der Waals surface area (Å²) >= 11 is 0. The number of ether oxygens (including phenoxy) is 4. The predicted molar refractivity (Wildman–Crippen MR) is 112 cm³/mol. The number of alkyl halides is 6. The summed E-state index contributed by atoms with van der Waals surface area (Å²) in [6, 6.07) is 3.08. The van der Waals surface area contributed by atoms with E-state index in [2.05, 4.69) is 15.2 Å². The topological polar surface area (TPSA) is 104 Å². The summed E-state index contributed by atoms with van der Waals surface area (Å²) in [6.45, 7) is -1.45. The van der Waals surface area contributed by atoms with E-state index in [0.717, 1.165) is 18.2 Å². The molecule has 15 heteroatoms. The second-order valence-corrected chi connectivity index (χ2v) is 8.44. The molecule has 1 aromatic carbocycles. The number of nitrogens with one attached hydrogen (secondary N) is 1. The van der Waals surface area contributed by atoms with Crippen LogP contribution in [-0.4, -0.2) is 72.2 Å². The highest BCUT2D eigenvalue weighted by molar-refractivity contribution is 5.92. The molecule has 0 radical (unpaired) electrons. The van der Waals surface area contributed by atoms with E-state index in [1.54, 1.807) is 0 Å². The molecule has 0 saturated heterocycles. The number of nitrogens with zero attached hydrogens (tertiary/aromatic N) is 2. The number of carbonyl (C=O) groups excluding carboxylic acids is 1. The van der Waals surface area contributed by atoms with Gasteiger partial charge in [0.2, 0.25) is 5.88 Å². The van der Waals surface area contributed by atoms with Crippen LogP contribution in [0.5, 0.6) is 11.6 Å². The van der Waals surface area contributed by atoms with Crippen LogP contribution in [0.4, 0.5) is 26.3 Å². The molecule has 37 heavy (non-hydrogen) atoms. The van der Waals surface area contributed by atoms with Crippen LogP contribution < -0.4 is 14.8 Å². The molecular weight excluding hydrogens is 516 g/mol. The Morgan fingerprint density at radius 1 is 1.14 bits per heavy atom. The molecule has 2 unspecified atom stereocenters. The Bertz CT molecular complexity index is 1080. The van der Waals surface area contributed by atoms with Gasteiger partial charge in [-0.05, 0) is 24.6 Å². The fourth-order valence-corrected chi connectivity index (χ4v) is 3.85. The average Bonchev–Trinajstić information content (AvgIpc) is 3.14. The number of hydrogen-bond acceptors (Lipinski definition) is 7. The number of amides is 1. The maximum Gasteiger partial charge on any atom is 0.416 e. The van der Waals surface area contributed by atoms with E-state index in [9.17, 15) is 36.2 Å². The molecule has 0 aliphatic carbocycles. The number of aryl methyl sites for hydroxylation is 1. The van der Waals surface area contributed by atoms with Crippen molar-refractivity contribution in [1.29, 1.82) is 0 Å². The Morgan fingerprint density at radius 3 is 2.65 bits per heavy atom. The van der Waals surface area contributed by atoms with Gasteiger partial charge < -0.3 is 29.4 Å². The second-order valence-electron chi connectivity index (χ2n) is 8.44. The molecule has 204 valence electrons. The standard InChI is InChI=1S/C22H23F6N3O6/c23-21(24,25)11-34-5-6-35-13-3-4-31-18(37-9-13)8-15(30-31)20(33)29-16-10-36-17-2-1-12(22(26,27)28)7-14(17)19(16)32/h1-2,7-8,13,16,19,32H,3-6,9-11H2,(H,29,33)/t13?,16-,19?/m0/s1. The Kier molecular flexibility index (Phi) is 7.85. The van der Waals surface area contributed by atoms with Crippen molar-refractivity contribution in [3.63, 3.8) is 0 Å². The van der Waals surface area contributed by atoms with E-state index in [1.807, 2.05) is 0 Å². The maximum absolute atomic E-state index is 13.0. The van der Waals surface area contributed by atoms with Gasteiger partial charge in [-0.2, -0.15) is 31.4 Å². The highest BCUT2D eigenvalue weighted by Gasteiger charge is 2.36. The molecule has 2 N–H and O–H groups in total. The first-order chi connectivity index (χ1) is 17.4. The number of benzene rings is 1. The number of fused-ring (bicyclic) bond motifs is 2. The molecule has 4 rings (SSSR count). The van der Waals surface area contributed by atoms with E-state index in [1.165, 1.54) is 10.7 Å². The molecule has 0 spiro atoms. The van der Waals surface area contributed by atoms with Crippen molar-refractivity contribution >= 4 is 5.91 Å². The molecule has 0 fully saturated rings. The maximum atomic E-state index is 13.0. The van der Waals surface area contributed by atoms with Gasteiger partial charge in [0, 0.05) is 18.2 Å². The predicted octanol–water partition coefficient (Wildman–Crippen LogP) is 2.87. The molecule has 1 amide bonds. The number of carbonyl (C=O) groups is 1. The van der Waals surface area contributed by atoms with Gasteiger partial charge in [0.1, 0.15) is 31.7 Å². The molecule has 0 bridgehead atoms. The summed E-state index contributed by atoms with van der Waals surface area (Å²) in [6.07, 6.45) is -10.5. The lowest BCUT2D eigenvalue weighted by Crippen LogP contribution is -2.45. The Balaban J connectivity index is 1.30. The third kappa shape index (κ3) is 6.84. The number of aliphatic hydroxyl groups is 1. The normalized spacial score (nSPS) is 21.8. The van der Waals surface area contributed by atoms with Crippen molar-refractivity contribution in [3.8, 4) is 11.6 Å². The first-order valence-corrected chi connectivity index (χ1v) is 11.2. The van der Waals surface area contributed by atoms with E-state index in [4.69, 9.17) is 14.2 Å². The molecule has 3 heterocycles. The number of halogens is 6. The molecule has 1 aromatic heterocycles. The zero-order chi connectivity index (χ0) is 26.8. The minimum Gasteiger partial charge on any atom is -0.491 e. The summed E-state index contributed by atoms with van der Waals surface area (Å²) < 4.78 is 97.8. The Hall–Kier alpha value is -3.04. The van der Waals surface area contributed by atoms with Crippen molar-refractivity contribution in [2.45, 2.75) is 43.6 Å².